The predicted octanol–water partition coefficient (Wildman–Crippen LogP) is 2.64. The van der Waals surface area contributed by atoms with E-state index < -0.39 is 0 Å². The summed E-state index contributed by atoms with van der Waals surface area (Å²) in [6.07, 6.45) is 6.37. The molecule has 0 amide bonds. The Morgan fingerprint density at radius 2 is 2.19 bits per heavy atom. The Balaban J connectivity index is 1.93. The van der Waals surface area contributed by atoms with Gasteiger partial charge in [0.1, 0.15) is 17.7 Å². The van der Waals surface area contributed by atoms with Crippen LogP contribution in [0.25, 0.3) is 0 Å². The topological polar surface area (TPSA) is 57.0 Å². The molecule has 0 aromatic carbocycles. The molecule has 1 saturated heterocycles. The van der Waals surface area contributed by atoms with E-state index in [1.54, 1.807) is 6.92 Å². The maximum absolute atomic E-state index is 11.7. The second-order valence-corrected chi connectivity index (χ2v) is 6.18. The Hall–Kier alpha value is -1.89. The van der Waals surface area contributed by atoms with Gasteiger partial charge in [0.25, 0.3) is 0 Å². The average molecular weight is 283 g/mol. The van der Waals surface area contributed by atoms with Gasteiger partial charge in [0.15, 0.2) is 0 Å². The molecule has 110 valence electrons. The number of aromatic nitrogens is 1. The number of aryl methyl sites for hydroxylation is 2. The number of fused-ring (bicyclic) bond motifs is 1. The van der Waals surface area contributed by atoms with E-state index in [9.17, 15) is 10.1 Å². The van der Waals surface area contributed by atoms with Crippen molar-refractivity contribution in [2.75, 3.05) is 18.0 Å². The SMILES string of the molecule is CC(=O)C1CCCN(c2nc3c(cc2C#N)CCCC3)C1. The molecule has 0 saturated carbocycles. The third-order valence-electron chi connectivity index (χ3n) is 4.70. The fourth-order valence-corrected chi connectivity index (χ4v) is 3.45. The van der Waals surface area contributed by atoms with Crippen LogP contribution in [0, 0.1) is 17.2 Å². The van der Waals surface area contributed by atoms with Crippen molar-refractivity contribution in [3.8, 4) is 6.07 Å². The summed E-state index contributed by atoms with van der Waals surface area (Å²) in [5, 5.41) is 9.44. The van der Waals surface area contributed by atoms with Gasteiger partial charge < -0.3 is 4.90 Å². The molecule has 4 heteroatoms. The average Bonchev–Trinajstić information content (AvgIpc) is 2.53. The van der Waals surface area contributed by atoms with E-state index in [0.29, 0.717) is 12.1 Å². The lowest BCUT2D eigenvalue weighted by Crippen LogP contribution is -2.39. The first kappa shape index (κ1) is 14.1. The van der Waals surface area contributed by atoms with E-state index in [-0.39, 0.29) is 11.7 Å². The van der Waals surface area contributed by atoms with Crippen LogP contribution in [0.2, 0.25) is 0 Å². The number of hydrogen-bond acceptors (Lipinski definition) is 4. The largest absolute Gasteiger partial charge is 0.355 e. The summed E-state index contributed by atoms with van der Waals surface area (Å²) >= 11 is 0. The van der Waals surface area contributed by atoms with Crippen LogP contribution in [0.15, 0.2) is 6.07 Å². The normalized spacial score (nSPS) is 21.5. The van der Waals surface area contributed by atoms with E-state index in [4.69, 9.17) is 4.98 Å². The lowest BCUT2D eigenvalue weighted by Gasteiger charge is -2.33. The lowest BCUT2D eigenvalue weighted by atomic mass is 9.93. The summed E-state index contributed by atoms with van der Waals surface area (Å²) in [6.45, 7) is 3.26. The number of nitriles is 1. The molecule has 1 unspecified atom stereocenters. The number of pyridine rings is 1. The van der Waals surface area contributed by atoms with Gasteiger partial charge in [-0.3, -0.25) is 4.79 Å². The van der Waals surface area contributed by atoms with Gasteiger partial charge in [-0.2, -0.15) is 5.26 Å². The Bertz CT molecular complexity index is 603. The van der Waals surface area contributed by atoms with Crippen LogP contribution in [-0.4, -0.2) is 23.9 Å². The zero-order valence-electron chi connectivity index (χ0n) is 12.6. The van der Waals surface area contributed by atoms with Crippen molar-refractivity contribution in [2.45, 2.75) is 45.4 Å². The van der Waals surface area contributed by atoms with E-state index in [1.165, 1.54) is 18.4 Å². The van der Waals surface area contributed by atoms with E-state index >= 15 is 0 Å². The van der Waals surface area contributed by atoms with Crippen LogP contribution in [-0.2, 0) is 17.6 Å². The molecule has 0 bridgehead atoms. The number of hydrogen-bond donors (Lipinski definition) is 0. The van der Waals surface area contributed by atoms with Crippen molar-refractivity contribution in [1.82, 2.24) is 4.98 Å². The number of nitrogens with zero attached hydrogens (tertiary/aromatic N) is 3. The van der Waals surface area contributed by atoms with Gasteiger partial charge in [-0.25, -0.2) is 4.98 Å². The van der Waals surface area contributed by atoms with Gasteiger partial charge in [-0.15, -0.1) is 0 Å². The molecular formula is C17H21N3O. The van der Waals surface area contributed by atoms with Crippen LogP contribution >= 0.6 is 0 Å². The highest BCUT2D eigenvalue weighted by molar-refractivity contribution is 5.79. The first-order valence-corrected chi connectivity index (χ1v) is 7.87. The maximum Gasteiger partial charge on any atom is 0.146 e. The number of rotatable bonds is 2. The Morgan fingerprint density at radius 3 is 2.95 bits per heavy atom. The van der Waals surface area contributed by atoms with Crippen molar-refractivity contribution in [1.29, 1.82) is 5.26 Å². The van der Waals surface area contributed by atoms with Crippen molar-refractivity contribution in [3.05, 3.63) is 22.9 Å². The zero-order chi connectivity index (χ0) is 14.8. The second kappa shape index (κ2) is 5.85. The van der Waals surface area contributed by atoms with E-state index in [2.05, 4.69) is 11.0 Å². The van der Waals surface area contributed by atoms with Crippen LogP contribution < -0.4 is 4.90 Å². The molecule has 1 aromatic rings. The highest BCUT2D eigenvalue weighted by Crippen LogP contribution is 2.29. The van der Waals surface area contributed by atoms with Crippen LogP contribution in [0.3, 0.4) is 0 Å². The molecule has 0 N–H and O–H groups in total. The van der Waals surface area contributed by atoms with Gasteiger partial charge in [-0.1, -0.05) is 0 Å². The number of anilines is 1. The van der Waals surface area contributed by atoms with Gasteiger partial charge in [0.2, 0.25) is 0 Å². The van der Waals surface area contributed by atoms with Crippen molar-refractivity contribution in [2.24, 2.45) is 5.92 Å². The summed E-state index contributed by atoms with van der Waals surface area (Å²) in [7, 11) is 0. The fraction of sp³-hybridized carbons (Fsp3) is 0.588. The molecule has 1 fully saturated rings. The van der Waals surface area contributed by atoms with Gasteiger partial charge >= 0.3 is 0 Å². The molecule has 1 atom stereocenters. The minimum atomic E-state index is 0.0862. The summed E-state index contributed by atoms with van der Waals surface area (Å²) in [4.78, 5) is 18.6. The molecule has 4 nitrogen and oxygen atoms in total. The molecule has 1 aliphatic carbocycles. The molecular weight excluding hydrogens is 262 g/mol. The molecule has 21 heavy (non-hydrogen) atoms. The highest BCUT2D eigenvalue weighted by Gasteiger charge is 2.26. The first-order chi connectivity index (χ1) is 10.2. The van der Waals surface area contributed by atoms with E-state index in [1.807, 2.05) is 6.07 Å². The highest BCUT2D eigenvalue weighted by atomic mass is 16.1. The monoisotopic (exact) mass is 283 g/mol. The van der Waals surface area contributed by atoms with Crippen molar-refractivity contribution in [3.63, 3.8) is 0 Å². The number of carbonyl (C=O) groups excluding carboxylic acids is 1. The number of ketones is 1. The number of carbonyl (C=O) groups is 1. The first-order valence-electron chi connectivity index (χ1n) is 7.87. The van der Waals surface area contributed by atoms with Crippen LogP contribution in [0.4, 0.5) is 5.82 Å². The molecule has 0 radical (unpaired) electrons. The second-order valence-electron chi connectivity index (χ2n) is 6.18. The van der Waals surface area contributed by atoms with Crippen LogP contribution in [0.5, 0.6) is 0 Å². The Morgan fingerprint density at radius 1 is 1.38 bits per heavy atom. The fourth-order valence-electron chi connectivity index (χ4n) is 3.45. The quantitative estimate of drug-likeness (QED) is 0.837. The van der Waals surface area contributed by atoms with Gasteiger partial charge in [0.05, 0.1) is 5.56 Å². The smallest absolute Gasteiger partial charge is 0.146 e. The maximum atomic E-state index is 11.7. The number of piperidine rings is 1. The summed E-state index contributed by atoms with van der Waals surface area (Å²) < 4.78 is 0. The summed E-state index contributed by atoms with van der Waals surface area (Å²) in [5.74, 6) is 1.13. The van der Waals surface area contributed by atoms with E-state index in [0.717, 1.165) is 43.7 Å². The lowest BCUT2D eigenvalue weighted by molar-refractivity contribution is -0.120. The minimum absolute atomic E-state index is 0.0862. The minimum Gasteiger partial charge on any atom is -0.355 e. The van der Waals surface area contributed by atoms with Crippen molar-refractivity contribution >= 4 is 11.6 Å². The predicted molar refractivity (Wildman–Crippen MR) is 81.2 cm³/mol. The Kier molecular flexibility index (Phi) is 3.92. The Labute approximate surface area is 125 Å². The van der Waals surface area contributed by atoms with Gasteiger partial charge in [-0.05, 0) is 57.1 Å². The molecule has 1 aliphatic heterocycles. The van der Waals surface area contributed by atoms with Crippen molar-refractivity contribution < 1.29 is 4.79 Å². The molecule has 2 aliphatic rings. The molecule has 0 spiro atoms. The van der Waals surface area contributed by atoms with Gasteiger partial charge in [0, 0.05) is 24.7 Å². The third kappa shape index (κ3) is 2.78. The van der Waals surface area contributed by atoms with Crippen LogP contribution in [0.1, 0.15) is 49.4 Å². The molecule has 1 aromatic heterocycles. The zero-order valence-corrected chi connectivity index (χ0v) is 12.6. The standard InChI is InChI=1S/C17H21N3O/c1-12(21)14-6-4-8-20(11-14)17-15(10-18)9-13-5-2-3-7-16(13)19-17/h9,14H,2-8,11H2,1H3. The molecule has 3 rings (SSSR count). The molecule has 2 heterocycles. The third-order valence-corrected chi connectivity index (χ3v) is 4.70. The summed E-state index contributed by atoms with van der Waals surface area (Å²) in [5.41, 5.74) is 3.06. The number of Topliss-reactive ketones (excluding diaryl/α,β-unsaturated/α-hetero) is 1. The summed E-state index contributed by atoms with van der Waals surface area (Å²) in [6, 6.07) is 4.32.